The Balaban J connectivity index is 1.67. The molecule has 2 atom stereocenters. The van der Waals surface area contributed by atoms with E-state index in [1.165, 1.54) is 0 Å². The van der Waals surface area contributed by atoms with Crippen molar-refractivity contribution in [2.45, 2.75) is 25.0 Å². The van der Waals surface area contributed by atoms with Crippen LogP contribution in [0, 0.1) is 5.92 Å². The number of methoxy groups -OCH3 is 1. The van der Waals surface area contributed by atoms with Gasteiger partial charge in [-0.2, -0.15) is 0 Å². The van der Waals surface area contributed by atoms with Crippen LogP contribution in [-0.2, 0) is 9.53 Å². The Bertz CT molecular complexity index is 515. The lowest BCUT2D eigenvalue weighted by atomic mass is 9.93. The Kier molecular flexibility index (Phi) is 4.98. The van der Waals surface area contributed by atoms with Crippen molar-refractivity contribution in [1.82, 2.24) is 15.8 Å². The molecule has 2 N–H and O–H groups in total. The number of hydrogen-bond donors (Lipinski definition) is 2. The van der Waals surface area contributed by atoms with E-state index in [9.17, 15) is 4.79 Å². The van der Waals surface area contributed by atoms with E-state index in [1.54, 1.807) is 7.11 Å². The molecule has 2 heterocycles. The maximum atomic E-state index is 12.8. The summed E-state index contributed by atoms with van der Waals surface area (Å²) in [4.78, 5) is 14.8. The average molecular weight is 324 g/mol. The van der Waals surface area contributed by atoms with Gasteiger partial charge < -0.3 is 9.64 Å². The quantitative estimate of drug-likeness (QED) is 0.889. The SMILES string of the molecule is COC1CCN(C(=O)C2CNNC2c2ccc(Cl)cc2)CC1. The van der Waals surface area contributed by atoms with Gasteiger partial charge in [-0.15, -0.1) is 0 Å². The molecule has 120 valence electrons. The van der Waals surface area contributed by atoms with Crippen molar-refractivity contribution >= 4 is 17.5 Å². The van der Waals surface area contributed by atoms with E-state index in [2.05, 4.69) is 10.9 Å². The molecule has 0 radical (unpaired) electrons. The molecule has 0 spiro atoms. The van der Waals surface area contributed by atoms with E-state index >= 15 is 0 Å². The fourth-order valence-corrected chi connectivity index (χ4v) is 3.39. The molecule has 1 amide bonds. The summed E-state index contributed by atoms with van der Waals surface area (Å²) in [5.41, 5.74) is 7.42. The molecule has 2 unspecified atom stereocenters. The number of nitrogens with zero attached hydrogens (tertiary/aromatic N) is 1. The van der Waals surface area contributed by atoms with Gasteiger partial charge in [0.1, 0.15) is 0 Å². The Hall–Kier alpha value is -1.14. The van der Waals surface area contributed by atoms with Crippen molar-refractivity contribution in [2.24, 2.45) is 5.92 Å². The zero-order valence-corrected chi connectivity index (χ0v) is 13.5. The predicted octanol–water partition coefficient (Wildman–Crippen LogP) is 1.74. The minimum atomic E-state index is -0.0831. The Morgan fingerprint density at radius 3 is 2.59 bits per heavy atom. The third-order valence-corrected chi connectivity index (χ3v) is 4.87. The van der Waals surface area contributed by atoms with Gasteiger partial charge in [-0.3, -0.25) is 10.2 Å². The van der Waals surface area contributed by atoms with Gasteiger partial charge in [0.05, 0.1) is 18.1 Å². The number of likely N-dealkylation sites (tertiary alicyclic amines) is 1. The normalized spacial score (nSPS) is 26.4. The smallest absolute Gasteiger partial charge is 0.229 e. The number of carbonyl (C=O) groups excluding carboxylic acids is 1. The van der Waals surface area contributed by atoms with E-state index in [1.807, 2.05) is 29.2 Å². The zero-order valence-electron chi connectivity index (χ0n) is 12.7. The summed E-state index contributed by atoms with van der Waals surface area (Å²) in [6.45, 7) is 2.21. The molecule has 2 aliphatic rings. The second kappa shape index (κ2) is 6.96. The van der Waals surface area contributed by atoms with Crippen LogP contribution < -0.4 is 10.9 Å². The van der Waals surface area contributed by atoms with Crippen molar-refractivity contribution in [3.63, 3.8) is 0 Å². The molecule has 22 heavy (non-hydrogen) atoms. The van der Waals surface area contributed by atoms with Crippen LogP contribution in [0.2, 0.25) is 5.02 Å². The van der Waals surface area contributed by atoms with Gasteiger partial charge in [-0.05, 0) is 30.5 Å². The van der Waals surface area contributed by atoms with Gasteiger partial charge in [-0.1, -0.05) is 23.7 Å². The van der Waals surface area contributed by atoms with Gasteiger partial charge in [0.25, 0.3) is 0 Å². The number of piperidine rings is 1. The summed E-state index contributed by atoms with van der Waals surface area (Å²) in [7, 11) is 1.74. The molecule has 0 aromatic heterocycles. The van der Waals surface area contributed by atoms with Crippen LogP contribution in [0.25, 0.3) is 0 Å². The number of ether oxygens (including phenoxy) is 1. The minimum Gasteiger partial charge on any atom is -0.381 e. The summed E-state index contributed by atoms with van der Waals surface area (Å²) in [5.74, 6) is 0.132. The lowest BCUT2D eigenvalue weighted by Gasteiger charge is -2.33. The first-order valence-corrected chi connectivity index (χ1v) is 8.12. The molecule has 2 saturated heterocycles. The molecule has 1 aromatic carbocycles. The lowest BCUT2D eigenvalue weighted by molar-refractivity contribution is -0.137. The Labute approximate surface area is 135 Å². The van der Waals surface area contributed by atoms with Crippen molar-refractivity contribution in [3.05, 3.63) is 34.9 Å². The van der Waals surface area contributed by atoms with Crippen LogP contribution in [-0.4, -0.2) is 43.7 Å². The summed E-state index contributed by atoms with van der Waals surface area (Å²) in [6.07, 6.45) is 2.12. The largest absolute Gasteiger partial charge is 0.381 e. The Morgan fingerprint density at radius 1 is 1.27 bits per heavy atom. The molecule has 5 nitrogen and oxygen atoms in total. The summed E-state index contributed by atoms with van der Waals surface area (Å²) < 4.78 is 5.37. The standard InChI is InChI=1S/C16H22ClN3O2/c1-22-13-6-8-20(9-7-13)16(21)14-10-18-19-15(14)11-2-4-12(17)5-3-11/h2-5,13-15,18-19H,6-10H2,1H3. The summed E-state index contributed by atoms with van der Waals surface area (Å²) in [5, 5.41) is 0.708. The third kappa shape index (κ3) is 3.27. The van der Waals surface area contributed by atoms with Crippen LogP contribution in [0.1, 0.15) is 24.4 Å². The molecule has 6 heteroatoms. The number of benzene rings is 1. The van der Waals surface area contributed by atoms with Crippen LogP contribution in [0.4, 0.5) is 0 Å². The number of rotatable bonds is 3. The van der Waals surface area contributed by atoms with E-state index < -0.39 is 0 Å². The summed E-state index contributed by atoms with van der Waals surface area (Å²) >= 11 is 5.94. The van der Waals surface area contributed by atoms with Gasteiger partial charge >= 0.3 is 0 Å². The van der Waals surface area contributed by atoms with Gasteiger partial charge in [0.15, 0.2) is 0 Å². The van der Waals surface area contributed by atoms with Gasteiger partial charge in [0.2, 0.25) is 5.91 Å². The molecule has 2 fully saturated rings. The number of carbonyl (C=O) groups is 1. The highest BCUT2D eigenvalue weighted by atomic mass is 35.5. The van der Waals surface area contributed by atoms with E-state index in [4.69, 9.17) is 16.3 Å². The van der Waals surface area contributed by atoms with E-state index in [0.717, 1.165) is 31.5 Å². The maximum Gasteiger partial charge on any atom is 0.229 e. The minimum absolute atomic E-state index is 0.00934. The average Bonchev–Trinajstić information content (AvgIpc) is 3.04. The lowest BCUT2D eigenvalue weighted by Crippen LogP contribution is -2.45. The first-order chi connectivity index (χ1) is 10.7. The number of hydrogen-bond acceptors (Lipinski definition) is 4. The zero-order chi connectivity index (χ0) is 15.5. The predicted molar refractivity (Wildman–Crippen MR) is 85.4 cm³/mol. The number of amides is 1. The molecule has 0 aliphatic carbocycles. The molecule has 1 aromatic rings. The monoisotopic (exact) mass is 323 g/mol. The van der Waals surface area contributed by atoms with Gasteiger partial charge in [-0.25, -0.2) is 5.43 Å². The fraction of sp³-hybridized carbons (Fsp3) is 0.562. The number of nitrogens with one attached hydrogen (secondary N) is 2. The second-order valence-electron chi connectivity index (χ2n) is 5.92. The third-order valence-electron chi connectivity index (χ3n) is 4.62. The molecular weight excluding hydrogens is 302 g/mol. The van der Waals surface area contributed by atoms with Crippen LogP contribution in [0.5, 0.6) is 0 Å². The topological polar surface area (TPSA) is 53.6 Å². The van der Waals surface area contributed by atoms with Crippen molar-refractivity contribution < 1.29 is 9.53 Å². The van der Waals surface area contributed by atoms with Crippen molar-refractivity contribution in [3.8, 4) is 0 Å². The molecule has 3 rings (SSSR count). The number of halogens is 1. The van der Waals surface area contributed by atoms with Crippen molar-refractivity contribution in [2.75, 3.05) is 26.7 Å². The highest BCUT2D eigenvalue weighted by Crippen LogP contribution is 2.28. The highest BCUT2D eigenvalue weighted by Gasteiger charge is 2.37. The maximum absolute atomic E-state index is 12.8. The molecule has 0 bridgehead atoms. The molecular formula is C16H22ClN3O2. The second-order valence-corrected chi connectivity index (χ2v) is 6.36. The van der Waals surface area contributed by atoms with Crippen molar-refractivity contribution in [1.29, 1.82) is 0 Å². The number of hydrazine groups is 1. The van der Waals surface area contributed by atoms with E-state index in [-0.39, 0.29) is 24.0 Å². The van der Waals surface area contributed by atoms with Crippen LogP contribution in [0.3, 0.4) is 0 Å². The van der Waals surface area contributed by atoms with E-state index in [0.29, 0.717) is 11.6 Å². The first-order valence-electron chi connectivity index (χ1n) is 7.74. The Morgan fingerprint density at radius 2 is 1.95 bits per heavy atom. The fourth-order valence-electron chi connectivity index (χ4n) is 3.26. The highest BCUT2D eigenvalue weighted by molar-refractivity contribution is 6.30. The van der Waals surface area contributed by atoms with Gasteiger partial charge in [0, 0.05) is 31.8 Å². The van der Waals surface area contributed by atoms with Crippen LogP contribution >= 0.6 is 11.6 Å². The van der Waals surface area contributed by atoms with Crippen LogP contribution in [0.15, 0.2) is 24.3 Å². The first kappa shape index (κ1) is 15.7. The summed E-state index contributed by atoms with van der Waals surface area (Å²) in [6, 6.07) is 7.67. The molecule has 2 aliphatic heterocycles. The molecule has 0 saturated carbocycles.